The van der Waals surface area contributed by atoms with E-state index in [-0.39, 0.29) is 34.8 Å². The molecule has 148 valence electrons. The molecule has 0 aliphatic carbocycles. The number of hydrogen-bond acceptors (Lipinski definition) is 7. The fourth-order valence-electron chi connectivity index (χ4n) is 2.20. The summed E-state index contributed by atoms with van der Waals surface area (Å²) in [4.78, 5) is 36.5. The number of carbonyl (C=O) groups is 3. The molecule has 2 rings (SSSR count). The van der Waals surface area contributed by atoms with Gasteiger partial charge in [-0.25, -0.2) is 14.4 Å². The molecule has 28 heavy (non-hydrogen) atoms. The van der Waals surface area contributed by atoms with Crippen molar-refractivity contribution in [3.63, 3.8) is 0 Å². The van der Waals surface area contributed by atoms with Gasteiger partial charge in [0, 0.05) is 0 Å². The number of para-hydroxylation sites is 2. The summed E-state index contributed by atoms with van der Waals surface area (Å²) in [5.41, 5.74) is 0.168. The highest BCUT2D eigenvalue weighted by Crippen LogP contribution is 2.23. The van der Waals surface area contributed by atoms with Crippen LogP contribution >= 0.6 is 0 Å². The molecule has 7 heteroatoms. The van der Waals surface area contributed by atoms with E-state index < -0.39 is 18.1 Å². The minimum Gasteiger partial charge on any atom is -0.459 e. The van der Waals surface area contributed by atoms with Crippen LogP contribution in [0.3, 0.4) is 0 Å². The third-order valence-corrected chi connectivity index (χ3v) is 3.29. The van der Waals surface area contributed by atoms with E-state index >= 15 is 0 Å². The molecule has 0 unspecified atom stereocenters. The molecular formula is C21H22O7. The second-order valence-corrected chi connectivity index (χ2v) is 6.35. The van der Waals surface area contributed by atoms with Crippen LogP contribution in [0.4, 0.5) is 4.79 Å². The Morgan fingerprint density at radius 1 is 0.643 bits per heavy atom. The van der Waals surface area contributed by atoms with Crippen LogP contribution in [0.1, 0.15) is 48.4 Å². The summed E-state index contributed by atoms with van der Waals surface area (Å²) >= 11 is 0. The van der Waals surface area contributed by atoms with Crippen molar-refractivity contribution in [3.05, 3.63) is 59.7 Å². The van der Waals surface area contributed by atoms with Gasteiger partial charge in [0.1, 0.15) is 22.6 Å². The number of benzene rings is 2. The predicted molar refractivity (Wildman–Crippen MR) is 101 cm³/mol. The Bertz CT molecular complexity index is 786. The van der Waals surface area contributed by atoms with Crippen LogP contribution < -0.4 is 9.47 Å². The minimum atomic E-state index is -1.10. The van der Waals surface area contributed by atoms with Crippen molar-refractivity contribution in [2.24, 2.45) is 0 Å². The number of ether oxygens (including phenoxy) is 4. The Hall–Kier alpha value is -3.35. The molecule has 0 heterocycles. The third kappa shape index (κ3) is 5.84. The van der Waals surface area contributed by atoms with Crippen molar-refractivity contribution in [1.29, 1.82) is 0 Å². The molecule has 0 radical (unpaired) electrons. The molecule has 2 aromatic rings. The zero-order valence-corrected chi connectivity index (χ0v) is 16.1. The molecule has 0 atom stereocenters. The lowest BCUT2D eigenvalue weighted by Crippen LogP contribution is -2.19. The topological polar surface area (TPSA) is 88.1 Å². The second-order valence-electron chi connectivity index (χ2n) is 6.35. The van der Waals surface area contributed by atoms with Crippen LogP contribution in [0.25, 0.3) is 0 Å². The van der Waals surface area contributed by atoms with Gasteiger partial charge in [-0.15, -0.1) is 0 Å². The average Bonchev–Trinajstić information content (AvgIpc) is 2.61. The van der Waals surface area contributed by atoms with Gasteiger partial charge in [0.15, 0.2) is 0 Å². The van der Waals surface area contributed by atoms with Crippen molar-refractivity contribution in [2.45, 2.75) is 39.9 Å². The summed E-state index contributed by atoms with van der Waals surface area (Å²) in [6.45, 7) is 6.84. The number of esters is 2. The van der Waals surface area contributed by atoms with Crippen molar-refractivity contribution >= 4 is 18.1 Å². The lowest BCUT2D eigenvalue weighted by molar-refractivity contribution is 0.0365. The van der Waals surface area contributed by atoms with Gasteiger partial charge in [0.2, 0.25) is 0 Å². The van der Waals surface area contributed by atoms with Crippen LogP contribution in [-0.4, -0.2) is 30.3 Å². The first-order valence-corrected chi connectivity index (χ1v) is 8.77. The van der Waals surface area contributed by atoms with E-state index in [0.29, 0.717) is 0 Å². The highest BCUT2D eigenvalue weighted by molar-refractivity contribution is 5.94. The van der Waals surface area contributed by atoms with E-state index in [1.165, 1.54) is 24.3 Å². The molecule has 0 bridgehead atoms. The lowest BCUT2D eigenvalue weighted by atomic mass is 10.2. The second kappa shape index (κ2) is 9.55. The Labute approximate surface area is 163 Å². The first-order valence-electron chi connectivity index (χ1n) is 8.77. The van der Waals surface area contributed by atoms with Crippen molar-refractivity contribution in [2.75, 3.05) is 0 Å². The molecule has 7 nitrogen and oxygen atoms in total. The molecule has 0 aromatic heterocycles. The van der Waals surface area contributed by atoms with Gasteiger partial charge in [-0.3, -0.25) is 0 Å². The first kappa shape index (κ1) is 21.0. The smallest absolute Gasteiger partial charge is 0.459 e. The van der Waals surface area contributed by atoms with Crippen LogP contribution in [0.15, 0.2) is 48.5 Å². The van der Waals surface area contributed by atoms with Gasteiger partial charge in [-0.1, -0.05) is 24.3 Å². The van der Waals surface area contributed by atoms with Gasteiger partial charge in [-0.2, -0.15) is 0 Å². The largest absolute Gasteiger partial charge is 0.519 e. The summed E-state index contributed by atoms with van der Waals surface area (Å²) in [7, 11) is 0. The Morgan fingerprint density at radius 2 is 1.00 bits per heavy atom. The standard InChI is InChI=1S/C21H22O7/c1-13(2)25-19(22)15-9-5-7-11-17(15)27-21(24)28-18-12-8-6-10-16(18)20(23)26-14(3)4/h5-14H,1-4H3. The first-order chi connectivity index (χ1) is 13.3. The zero-order valence-electron chi connectivity index (χ0n) is 16.1. The van der Waals surface area contributed by atoms with Crippen molar-refractivity contribution < 1.29 is 33.3 Å². The summed E-state index contributed by atoms with van der Waals surface area (Å²) < 4.78 is 20.6. The maximum absolute atomic E-state index is 12.2. The fourth-order valence-corrected chi connectivity index (χ4v) is 2.20. The van der Waals surface area contributed by atoms with Gasteiger partial charge >= 0.3 is 18.1 Å². The molecule has 0 saturated heterocycles. The Balaban J connectivity index is 2.16. The lowest BCUT2D eigenvalue weighted by Gasteiger charge is -2.13. The maximum atomic E-state index is 12.2. The molecule has 0 N–H and O–H groups in total. The summed E-state index contributed by atoms with van der Waals surface area (Å²) in [5.74, 6) is -1.28. The van der Waals surface area contributed by atoms with E-state index in [2.05, 4.69) is 0 Å². The van der Waals surface area contributed by atoms with Gasteiger partial charge in [0.05, 0.1) is 12.2 Å². The predicted octanol–water partition coefficient (Wildman–Crippen LogP) is 4.39. The zero-order chi connectivity index (χ0) is 20.7. The quantitative estimate of drug-likeness (QED) is 0.537. The van der Waals surface area contributed by atoms with Gasteiger partial charge in [0.25, 0.3) is 0 Å². The van der Waals surface area contributed by atoms with Crippen LogP contribution in [0.5, 0.6) is 11.5 Å². The number of rotatable bonds is 6. The van der Waals surface area contributed by atoms with Crippen LogP contribution in [0.2, 0.25) is 0 Å². The Kier molecular flexibility index (Phi) is 7.14. The maximum Gasteiger partial charge on any atom is 0.519 e. The molecular weight excluding hydrogens is 364 g/mol. The number of carbonyl (C=O) groups excluding carboxylic acids is 3. The molecule has 2 aromatic carbocycles. The molecule has 0 saturated carbocycles. The van der Waals surface area contributed by atoms with E-state index in [1.54, 1.807) is 52.0 Å². The molecule has 0 spiro atoms. The van der Waals surface area contributed by atoms with Crippen LogP contribution in [-0.2, 0) is 9.47 Å². The summed E-state index contributed by atoms with van der Waals surface area (Å²) in [6.07, 6.45) is -1.76. The Morgan fingerprint density at radius 3 is 1.36 bits per heavy atom. The van der Waals surface area contributed by atoms with Gasteiger partial charge in [-0.05, 0) is 52.0 Å². The molecule has 0 amide bonds. The summed E-state index contributed by atoms with van der Waals surface area (Å²) in [6, 6.07) is 12.3. The van der Waals surface area contributed by atoms with Crippen molar-refractivity contribution in [3.8, 4) is 11.5 Å². The normalized spacial score (nSPS) is 10.5. The monoisotopic (exact) mass is 386 g/mol. The minimum absolute atomic E-state index is 0.0135. The third-order valence-electron chi connectivity index (χ3n) is 3.29. The van der Waals surface area contributed by atoms with Crippen LogP contribution in [0, 0.1) is 0 Å². The highest BCUT2D eigenvalue weighted by Gasteiger charge is 2.21. The fraction of sp³-hybridized carbons (Fsp3) is 0.286. The van der Waals surface area contributed by atoms with E-state index in [0.717, 1.165) is 0 Å². The highest BCUT2D eigenvalue weighted by atomic mass is 16.7. The van der Waals surface area contributed by atoms with E-state index in [4.69, 9.17) is 18.9 Å². The molecule has 0 aliphatic heterocycles. The molecule has 0 fully saturated rings. The number of hydrogen-bond donors (Lipinski definition) is 0. The average molecular weight is 386 g/mol. The van der Waals surface area contributed by atoms with E-state index in [1.807, 2.05) is 0 Å². The van der Waals surface area contributed by atoms with Crippen molar-refractivity contribution in [1.82, 2.24) is 0 Å². The van der Waals surface area contributed by atoms with E-state index in [9.17, 15) is 14.4 Å². The molecule has 0 aliphatic rings. The summed E-state index contributed by atoms with van der Waals surface area (Å²) in [5, 5.41) is 0. The van der Waals surface area contributed by atoms with Gasteiger partial charge < -0.3 is 18.9 Å². The SMILES string of the molecule is CC(C)OC(=O)c1ccccc1OC(=O)Oc1ccccc1C(=O)OC(C)C.